The monoisotopic (exact) mass is 318 g/mol. The van der Waals surface area contributed by atoms with Crippen LogP contribution in [0.2, 0.25) is 0 Å². The predicted octanol–water partition coefficient (Wildman–Crippen LogP) is 2.00. The van der Waals surface area contributed by atoms with Gasteiger partial charge in [0.05, 0.1) is 0 Å². The van der Waals surface area contributed by atoms with Crippen molar-refractivity contribution in [1.82, 2.24) is 0 Å². The maximum Gasteiger partial charge on any atom is 1.00 e. The molecule has 0 radical (unpaired) electrons. The first kappa shape index (κ1) is 13.1. The van der Waals surface area contributed by atoms with Crippen LogP contribution in [0.5, 0.6) is 0 Å². The molecule has 0 bridgehead atoms. The van der Waals surface area contributed by atoms with E-state index in [1.807, 2.05) is 30.3 Å². The molecular formula is C12H9Br2Li. The van der Waals surface area contributed by atoms with Crippen LogP contribution < -0.4 is 18.9 Å². The third-order valence-corrected chi connectivity index (χ3v) is 4.08. The summed E-state index contributed by atoms with van der Waals surface area (Å²) in [6.07, 6.45) is 0. The Morgan fingerprint density at radius 1 is 0.800 bits per heavy atom. The topological polar surface area (TPSA) is 0 Å². The Morgan fingerprint density at radius 3 is 2.13 bits per heavy atom. The Kier molecular flexibility index (Phi) is 5.15. The van der Waals surface area contributed by atoms with Gasteiger partial charge >= 0.3 is 18.9 Å². The van der Waals surface area contributed by atoms with Crippen molar-refractivity contribution in [2.75, 3.05) is 0 Å². The first-order valence-corrected chi connectivity index (χ1v) is 5.87. The van der Waals surface area contributed by atoms with Crippen LogP contribution in [-0.4, -0.2) is 0 Å². The van der Waals surface area contributed by atoms with Crippen molar-refractivity contribution in [1.29, 1.82) is 0 Å². The second-order valence-corrected chi connectivity index (χ2v) is 4.61. The van der Waals surface area contributed by atoms with Crippen LogP contribution in [0.3, 0.4) is 0 Å². The van der Waals surface area contributed by atoms with Crippen LogP contribution in [0.25, 0.3) is 11.1 Å². The molecule has 0 aliphatic heterocycles. The number of benzene rings is 2. The zero-order valence-electron chi connectivity index (χ0n) is 9.37. The van der Waals surface area contributed by atoms with E-state index < -0.39 is 0 Å². The van der Waals surface area contributed by atoms with E-state index in [1.165, 1.54) is 11.1 Å². The van der Waals surface area contributed by atoms with Gasteiger partial charge in [0.15, 0.2) is 0 Å². The van der Waals surface area contributed by atoms with Crippen molar-refractivity contribution in [3.63, 3.8) is 0 Å². The van der Waals surface area contributed by atoms with Gasteiger partial charge in [-0.2, -0.15) is 0 Å². The molecule has 0 saturated carbocycles. The fourth-order valence-corrected chi connectivity index (χ4v) is 2.20. The van der Waals surface area contributed by atoms with E-state index in [2.05, 4.69) is 50.1 Å². The third-order valence-electron chi connectivity index (χ3n) is 2.04. The molecule has 0 aliphatic carbocycles. The molecule has 0 fully saturated rings. The third kappa shape index (κ3) is 2.98. The van der Waals surface area contributed by atoms with E-state index in [1.54, 1.807) is 0 Å². The maximum atomic E-state index is 3.57. The minimum Gasteiger partial charge on any atom is -1.00 e. The Balaban J connectivity index is 0.00000112. The Hall–Kier alpha value is -0.00260. The molecule has 0 heterocycles. The molecule has 3 heteroatoms. The summed E-state index contributed by atoms with van der Waals surface area (Å²) in [5, 5.41) is 0. The number of rotatable bonds is 1. The van der Waals surface area contributed by atoms with Crippen LogP contribution in [0.15, 0.2) is 57.5 Å². The van der Waals surface area contributed by atoms with Gasteiger partial charge < -0.3 is 1.43 Å². The predicted molar refractivity (Wildman–Crippen MR) is 68.4 cm³/mol. The van der Waals surface area contributed by atoms with Gasteiger partial charge in [-0.05, 0) is 49.1 Å². The smallest absolute Gasteiger partial charge is 1.00 e. The standard InChI is InChI=1S/C12H8Br2.Li.H/c13-11-8-4-7-10(12(11)14)9-5-2-1-3-6-9;;/h1-8H;;/q;+1;-1. The zero-order valence-corrected chi connectivity index (χ0v) is 11.5. The van der Waals surface area contributed by atoms with Crippen molar-refractivity contribution >= 4 is 31.9 Å². The average Bonchev–Trinajstić information content (AvgIpc) is 2.23. The maximum absolute atomic E-state index is 3.57. The molecule has 0 spiro atoms. The summed E-state index contributed by atoms with van der Waals surface area (Å²) >= 11 is 7.07. The van der Waals surface area contributed by atoms with Crippen molar-refractivity contribution in [2.45, 2.75) is 0 Å². The average molecular weight is 320 g/mol. The van der Waals surface area contributed by atoms with Crippen LogP contribution in [0.4, 0.5) is 0 Å². The minimum absolute atomic E-state index is 0. The number of hydrogen-bond acceptors (Lipinski definition) is 0. The number of halogens is 2. The van der Waals surface area contributed by atoms with Crippen molar-refractivity contribution in [3.8, 4) is 11.1 Å². The molecule has 0 amide bonds. The molecule has 0 nitrogen and oxygen atoms in total. The van der Waals surface area contributed by atoms with Gasteiger partial charge in [-0.15, -0.1) is 0 Å². The SMILES string of the molecule is Brc1cccc(-c2ccccc2)c1Br.[H-].[Li+]. The molecular weight excluding hydrogens is 311 g/mol. The molecule has 0 aromatic heterocycles. The van der Waals surface area contributed by atoms with E-state index >= 15 is 0 Å². The molecule has 2 rings (SSSR count). The second kappa shape index (κ2) is 5.91. The van der Waals surface area contributed by atoms with Crippen molar-refractivity contribution in [2.24, 2.45) is 0 Å². The van der Waals surface area contributed by atoms with Gasteiger partial charge in [0.2, 0.25) is 0 Å². The largest absolute Gasteiger partial charge is 1.00 e. The molecule has 0 atom stereocenters. The van der Waals surface area contributed by atoms with Gasteiger partial charge in [-0.3, -0.25) is 0 Å². The molecule has 0 aliphatic rings. The van der Waals surface area contributed by atoms with Gasteiger partial charge in [0, 0.05) is 8.95 Å². The van der Waals surface area contributed by atoms with E-state index in [-0.39, 0.29) is 20.3 Å². The summed E-state index contributed by atoms with van der Waals surface area (Å²) in [5.74, 6) is 0. The molecule has 0 unspecified atom stereocenters. The van der Waals surface area contributed by atoms with Gasteiger partial charge in [0.25, 0.3) is 0 Å². The Labute approximate surface area is 120 Å². The van der Waals surface area contributed by atoms with Crippen LogP contribution in [-0.2, 0) is 0 Å². The fraction of sp³-hybridized carbons (Fsp3) is 0. The molecule has 15 heavy (non-hydrogen) atoms. The molecule has 72 valence electrons. The Bertz CT molecular complexity index is 446. The van der Waals surface area contributed by atoms with Crippen LogP contribution >= 0.6 is 31.9 Å². The summed E-state index contributed by atoms with van der Waals surface area (Å²) in [4.78, 5) is 0. The zero-order chi connectivity index (χ0) is 9.97. The quantitative estimate of drug-likeness (QED) is 0.705. The van der Waals surface area contributed by atoms with Crippen LogP contribution in [0, 0.1) is 0 Å². The molecule has 0 N–H and O–H groups in total. The Morgan fingerprint density at radius 2 is 1.47 bits per heavy atom. The molecule has 2 aromatic rings. The normalized spacial score (nSPS) is 9.47. The molecule has 0 saturated heterocycles. The van der Waals surface area contributed by atoms with E-state index in [9.17, 15) is 0 Å². The fourth-order valence-electron chi connectivity index (χ4n) is 1.34. The van der Waals surface area contributed by atoms with E-state index in [0.717, 1.165) is 8.95 Å². The summed E-state index contributed by atoms with van der Waals surface area (Å²) in [5.41, 5.74) is 2.43. The minimum atomic E-state index is 0. The van der Waals surface area contributed by atoms with Gasteiger partial charge in [-0.1, -0.05) is 42.5 Å². The van der Waals surface area contributed by atoms with Gasteiger partial charge in [-0.25, -0.2) is 0 Å². The first-order chi connectivity index (χ1) is 6.79. The number of hydrogen-bond donors (Lipinski definition) is 0. The summed E-state index contributed by atoms with van der Waals surface area (Å²) in [6.45, 7) is 0. The van der Waals surface area contributed by atoms with Crippen molar-refractivity contribution < 1.29 is 20.3 Å². The van der Waals surface area contributed by atoms with Crippen molar-refractivity contribution in [3.05, 3.63) is 57.5 Å². The van der Waals surface area contributed by atoms with E-state index in [0.29, 0.717) is 0 Å². The van der Waals surface area contributed by atoms with E-state index in [4.69, 9.17) is 0 Å². The summed E-state index contributed by atoms with van der Waals surface area (Å²) in [6, 6.07) is 16.5. The summed E-state index contributed by atoms with van der Waals surface area (Å²) < 4.78 is 2.19. The first-order valence-electron chi connectivity index (χ1n) is 4.28. The summed E-state index contributed by atoms with van der Waals surface area (Å²) in [7, 11) is 0. The second-order valence-electron chi connectivity index (χ2n) is 2.97. The molecule has 2 aromatic carbocycles. The van der Waals surface area contributed by atoms with Crippen LogP contribution in [0.1, 0.15) is 1.43 Å². The van der Waals surface area contributed by atoms with Gasteiger partial charge in [0.1, 0.15) is 0 Å².